The molecule has 0 radical (unpaired) electrons. The molecule has 0 bridgehead atoms. The molecule has 1 rings (SSSR count). The standard InChI is InChI=1S/C11H12FNO/c12-11-5-4-9(3-1-2-6-13)7-10(11)8-14/h1,3-5,7-8H,2,6,13H2. The van der Waals surface area contributed by atoms with E-state index < -0.39 is 5.82 Å². The van der Waals surface area contributed by atoms with Crippen LogP contribution in [0.3, 0.4) is 0 Å². The number of aldehydes is 1. The quantitative estimate of drug-likeness (QED) is 0.743. The Morgan fingerprint density at radius 1 is 1.43 bits per heavy atom. The number of nitrogens with two attached hydrogens (primary N) is 1. The van der Waals surface area contributed by atoms with Gasteiger partial charge in [-0.1, -0.05) is 18.2 Å². The van der Waals surface area contributed by atoms with Crippen LogP contribution in [0.4, 0.5) is 4.39 Å². The predicted octanol–water partition coefficient (Wildman–Crippen LogP) is 2.00. The minimum atomic E-state index is -0.490. The van der Waals surface area contributed by atoms with Gasteiger partial charge in [-0.05, 0) is 30.7 Å². The molecule has 0 atom stereocenters. The van der Waals surface area contributed by atoms with Gasteiger partial charge in [0.15, 0.2) is 6.29 Å². The Balaban J connectivity index is 2.84. The maximum atomic E-state index is 12.9. The van der Waals surface area contributed by atoms with Gasteiger partial charge in [-0.15, -0.1) is 0 Å². The van der Waals surface area contributed by atoms with Gasteiger partial charge in [0.2, 0.25) is 0 Å². The maximum Gasteiger partial charge on any atom is 0.153 e. The van der Waals surface area contributed by atoms with Crippen LogP contribution < -0.4 is 5.73 Å². The molecule has 0 aromatic heterocycles. The second-order valence-electron chi connectivity index (χ2n) is 2.88. The Kier molecular flexibility index (Phi) is 4.01. The van der Waals surface area contributed by atoms with Gasteiger partial charge in [0.05, 0.1) is 5.56 Å². The van der Waals surface area contributed by atoms with Gasteiger partial charge in [-0.3, -0.25) is 4.79 Å². The number of halogens is 1. The van der Waals surface area contributed by atoms with Crippen LogP contribution in [0.5, 0.6) is 0 Å². The molecular formula is C11H12FNO. The SMILES string of the molecule is NCCC=Cc1ccc(F)c(C=O)c1. The van der Waals surface area contributed by atoms with E-state index in [1.165, 1.54) is 12.1 Å². The van der Waals surface area contributed by atoms with Crippen LogP contribution in [0, 0.1) is 5.82 Å². The molecule has 1 aromatic rings. The van der Waals surface area contributed by atoms with Gasteiger partial charge in [-0.2, -0.15) is 0 Å². The molecule has 0 aliphatic heterocycles. The highest BCUT2D eigenvalue weighted by molar-refractivity contribution is 5.76. The van der Waals surface area contributed by atoms with Gasteiger partial charge in [0.25, 0.3) is 0 Å². The van der Waals surface area contributed by atoms with Gasteiger partial charge in [0, 0.05) is 0 Å². The number of carbonyl (C=O) groups excluding carboxylic acids is 1. The molecule has 0 fully saturated rings. The van der Waals surface area contributed by atoms with Crippen molar-refractivity contribution in [3.05, 3.63) is 41.2 Å². The smallest absolute Gasteiger partial charge is 0.153 e. The molecule has 3 heteroatoms. The Morgan fingerprint density at radius 3 is 2.86 bits per heavy atom. The predicted molar refractivity (Wildman–Crippen MR) is 54.5 cm³/mol. The average molecular weight is 193 g/mol. The highest BCUT2D eigenvalue weighted by atomic mass is 19.1. The molecule has 2 nitrogen and oxygen atoms in total. The van der Waals surface area contributed by atoms with Crippen LogP contribution in [0.2, 0.25) is 0 Å². The number of benzene rings is 1. The van der Waals surface area contributed by atoms with Crippen molar-refractivity contribution in [3.8, 4) is 0 Å². The summed E-state index contributed by atoms with van der Waals surface area (Å²) < 4.78 is 12.9. The Labute approximate surface area is 82.2 Å². The molecule has 2 N–H and O–H groups in total. The van der Waals surface area contributed by atoms with E-state index in [1.54, 1.807) is 6.07 Å². The minimum Gasteiger partial charge on any atom is -0.330 e. The molecule has 0 amide bonds. The first-order valence-electron chi connectivity index (χ1n) is 4.39. The second-order valence-corrected chi connectivity index (χ2v) is 2.88. The zero-order chi connectivity index (χ0) is 10.4. The summed E-state index contributed by atoms with van der Waals surface area (Å²) in [6.07, 6.45) is 4.99. The van der Waals surface area contributed by atoms with Crippen molar-refractivity contribution in [2.75, 3.05) is 6.54 Å². The topological polar surface area (TPSA) is 43.1 Å². The Bertz CT molecular complexity index is 347. The largest absolute Gasteiger partial charge is 0.330 e. The third kappa shape index (κ3) is 2.78. The summed E-state index contributed by atoms with van der Waals surface area (Å²) in [5.74, 6) is -0.490. The second kappa shape index (κ2) is 5.29. The van der Waals surface area contributed by atoms with Crippen LogP contribution in [0.25, 0.3) is 6.08 Å². The van der Waals surface area contributed by atoms with Crippen molar-refractivity contribution in [3.63, 3.8) is 0 Å². The van der Waals surface area contributed by atoms with E-state index in [9.17, 15) is 9.18 Å². The lowest BCUT2D eigenvalue weighted by molar-refractivity contribution is 0.112. The summed E-state index contributed by atoms with van der Waals surface area (Å²) in [5.41, 5.74) is 6.20. The van der Waals surface area contributed by atoms with Gasteiger partial charge < -0.3 is 5.73 Å². The zero-order valence-corrected chi connectivity index (χ0v) is 7.74. The highest BCUT2D eigenvalue weighted by Gasteiger charge is 1.99. The summed E-state index contributed by atoms with van der Waals surface area (Å²) in [7, 11) is 0. The number of hydrogen-bond acceptors (Lipinski definition) is 2. The lowest BCUT2D eigenvalue weighted by Crippen LogP contribution is -1.95. The molecule has 14 heavy (non-hydrogen) atoms. The first kappa shape index (κ1) is 10.6. The first-order valence-corrected chi connectivity index (χ1v) is 4.39. The summed E-state index contributed by atoms with van der Waals surface area (Å²) >= 11 is 0. The van der Waals surface area contributed by atoms with E-state index in [4.69, 9.17) is 5.73 Å². The number of hydrogen-bond donors (Lipinski definition) is 1. The van der Waals surface area contributed by atoms with Crippen LogP contribution >= 0.6 is 0 Å². The molecule has 0 saturated carbocycles. The molecule has 0 heterocycles. The average Bonchev–Trinajstić information content (AvgIpc) is 2.21. The van der Waals surface area contributed by atoms with E-state index in [0.29, 0.717) is 12.8 Å². The monoisotopic (exact) mass is 193 g/mol. The fraction of sp³-hybridized carbons (Fsp3) is 0.182. The summed E-state index contributed by atoms with van der Waals surface area (Å²) in [5, 5.41) is 0. The van der Waals surface area contributed by atoms with E-state index in [1.807, 2.05) is 12.2 Å². The number of rotatable bonds is 4. The Morgan fingerprint density at radius 2 is 2.21 bits per heavy atom. The first-order chi connectivity index (χ1) is 6.77. The molecule has 0 spiro atoms. The van der Waals surface area contributed by atoms with Gasteiger partial charge in [-0.25, -0.2) is 4.39 Å². The van der Waals surface area contributed by atoms with Crippen molar-refractivity contribution in [1.29, 1.82) is 0 Å². The summed E-state index contributed by atoms with van der Waals surface area (Å²) in [6, 6.07) is 4.41. The normalized spacial score (nSPS) is 10.7. The van der Waals surface area contributed by atoms with Gasteiger partial charge in [0.1, 0.15) is 5.82 Å². The van der Waals surface area contributed by atoms with E-state index in [0.717, 1.165) is 12.0 Å². The van der Waals surface area contributed by atoms with E-state index in [-0.39, 0.29) is 5.56 Å². The van der Waals surface area contributed by atoms with Crippen LogP contribution in [-0.4, -0.2) is 12.8 Å². The molecule has 0 aliphatic carbocycles. The van der Waals surface area contributed by atoms with Crippen molar-refractivity contribution in [2.45, 2.75) is 6.42 Å². The minimum absolute atomic E-state index is 0.0832. The summed E-state index contributed by atoms with van der Waals surface area (Å²) in [4.78, 5) is 10.4. The molecular weight excluding hydrogens is 181 g/mol. The van der Waals surface area contributed by atoms with E-state index in [2.05, 4.69) is 0 Å². The molecule has 74 valence electrons. The summed E-state index contributed by atoms with van der Waals surface area (Å²) in [6.45, 7) is 0.582. The van der Waals surface area contributed by atoms with Crippen molar-refractivity contribution < 1.29 is 9.18 Å². The third-order valence-electron chi connectivity index (χ3n) is 1.79. The van der Waals surface area contributed by atoms with Gasteiger partial charge >= 0.3 is 0 Å². The van der Waals surface area contributed by atoms with Crippen molar-refractivity contribution in [1.82, 2.24) is 0 Å². The lowest BCUT2D eigenvalue weighted by Gasteiger charge is -1.96. The third-order valence-corrected chi connectivity index (χ3v) is 1.79. The lowest BCUT2D eigenvalue weighted by atomic mass is 10.1. The van der Waals surface area contributed by atoms with Crippen LogP contribution in [0.15, 0.2) is 24.3 Å². The number of carbonyl (C=O) groups is 1. The molecule has 1 aromatic carbocycles. The fourth-order valence-electron chi connectivity index (χ4n) is 1.07. The van der Waals surface area contributed by atoms with Crippen molar-refractivity contribution >= 4 is 12.4 Å². The maximum absolute atomic E-state index is 12.9. The van der Waals surface area contributed by atoms with Crippen LogP contribution in [-0.2, 0) is 0 Å². The Hall–Kier alpha value is -1.48. The van der Waals surface area contributed by atoms with E-state index >= 15 is 0 Å². The fourth-order valence-corrected chi connectivity index (χ4v) is 1.07. The zero-order valence-electron chi connectivity index (χ0n) is 7.74. The molecule has 0 saturated heterocycles. The van der Waals surface area contributed by atoms with Crippen LogP contribution in [0.1, 0.15) is 22.3 Å². The van der Waals surface area contributed by atoms with Crippen molar-refractivity contribution in [2.24, 2.45) is 5.73 Å². The highest BCUT2D eigenvalue weighted by Crippen LogP contribution is 2.10. The molecule has 0 aliphatic rings. The molecule has 0 unspecified atom stereocenters.